The third-order valence-corrected chi connectivity index (χ3v) is 5.10. The van der Waals surface area contributed by atoms with Gasteiger partial charge in [0, 0.05) is 12.1 Å². The Hall–Kier alpha value is -3.04. The van der Waals surface area contributed by atoms with Crippen LogP contribution >= 0.6 is 23.4 Å². The Balaban J connectivity index is 1.86. The Morgan fingerprint density at radius 3 is 2.75 bits per heavy atom. The van der Waals surface area contributed by atoms with Gasteiger partial charge in [-0.2, -0.15) is 0 Å². The maximum atomic E-state index is 12.6. The molecule has 0 saturated carbocycles. The number of phenols is 1. The van der Waals surface area contributed by atoms with Gasteiger partial charge in [0.1, 0.15) is 0 Å². The van der Waals surface area contributed by atoms with Crippen molar-refractivity contribution in [3.8, 4) is 11.5 Å². The van der Waals surface area contributed by atoms with Gasteiger partial charge in [-0.05, 0) is 41.1 Å². The highest BCUT2D eigenvalue weighted by Crippen LogP contribution is 2.38. The number of amides is 2. The van der Waals surface area contributed by atoms with Gasteiger partial charge in [0.25, 0.3) is 16.8 Å². The van der Waals surface area contributed by atoms with Crippen molar-refractivity contribution in [2.24, 2.45) is 0 Å². The van der Waals surface area contributed by atoms with Crippen molar-refractivity contribution in [1.82, 2.24) is 4.90 Å². The number of hydrogen-bond donors (Lipinski definition) is 1. The minimum Gasteiger partial charge on any atom is -0.503 e. The zero-order valence-electron chi connectivity index (χ0n) is 14.4. The molecule has 2 amide bonds. The molecule has 0 bridgehead atoms. The third kappa shape index (κ3) is 3.95. The molecular weight excluding hydrogens is 408 g/mol. The third-order valence-electron chi connectivity index (χ3n) is 3.90. The van der Waals surface area contributed by atoms with E-state index in [9.17, 15) is 24.8 Å². The molecule has 1 N–H and O–H groups in total. The Morgan fingerprint density at radius 2 is 2.07 bits per heavy atom. The van der Waals surface area contributed by atoms with Gasteiger partial charge in [0.15, 0.2) is 11.5 Å². The quantitative estimate of drug-likeness (QED) is 0.438. The molecule has 1 fully saturated rings. The van der Waals surface area contributed by atoms with Crippen molar-refractivity contribution in [2.75, 3.05) is 7.11 Å². The van der Waals surface area contributed by atoms with E-state index < -0.39 is 16.1 Å². The number of hydrogen-bond acceptors (Lipinski definition) is 7. The van der Waals surface area contributed by atoms with E-state index >= 15 is 0 Å². The molecule has 8 nitrogen and oxygen atoms in total. The lowest BCUT2D eigenvalue weighted by Crippen LogP contribution is -2.27. The summed E-state index contributed by atoms with van der Waals surface area (Å²) in [5.74, 6) is -0.612. The van der Waals surface area contributed by atoms with E-state index in [2.05, 4.69) is 0 Å². The Bertz CT molecular complexity index is 1020. The number of methoxy groups -OCH3 is 1. The summed E-state index contributed by atoms with van der Waals surface area (Å²) in [5, 5.41) is 20.2. The average Bonchev–Trinajstić information content (AvgIpc) is 2.92. The number of carbonyl (C=O) groups is 2. The molecule has 0 aliphatic carbocycles. The highest BCUT2D eigenvalue weighted by molar-refractivity contribution is 8.18. The maximum absolute atomic E-state index is 12.6. The lowest BCUT2D eigenvalue weighted by molar-refractivity contribution is -0.384. The molecule has 28 heavy (non-hydrogen) atoms. The first-order valence-electron chi connectivity index (χ1n) is 7.85. The first kappa shape index (κ1) is 19.7. The summed E-state index contributed by atoms with van der Waals surface area (Å²) in [4.78, 5) is 36.4. The molecule has 3 rings (SSSR count). The van der Waals surface area contributed by atoms with Crippen LogP contribution in [0.1, 0.15) is 11.1 Å². The largest absolute Gasteiger partial charge is 0.503 e. The minimum absolute atomic E-state index is 0.0430. The number of thioether (sulfide) groups is 1. The lowest BCUT2D eigenvalue weighted by Gasteiger charge is -2.12. The van der Waals surface area contributed by atoms with Crippen LogP contribution in [0.5, 0.6) is 11.5 Å². The van der Waals surface area contributed by atoms with Crippen LogP contribution in [0.15, 0.2) is 41.3 Å². The zero-order chi connectivity index (χ0) is 20.4. The van der Waals surface area contributed by atoms with Crippen molar-refractivity contribution in [3.63, 3.8) is 0 Å². The average molecular weight is 421 g/mol. The Labute approximate surface area is 168 Å². The van der Waals surface area contributed by atoms with Gasteiger partial charge in [-0.1, -0.05) is 23.7 Å². The molecule has 1 aliphatic heterocycles. The smallest absolute Gasteiger partial charge is 0.293 e. The number of aromatic hydroxyl groups is 1. The minimum atomic E-state index is -0.543. The van der Waals surface area contributed by atoms with E-state index in [4.69, 9.17) is 16.3 Å². The highest BCUT2D eigenvalue weighted by atomic mass is 35.5. The van der Waals surface area contributed by atoms with Crippen LogP contribution in [0.4, 0.5) is 10.5 Å². The number of benzene rings is 2. The number of halogens is 1. The van der Waals surface area contributed by atoms with E-state index in [0.717, 1.165) is 16.7 Å². The van der Waals surface area contributed by atoms with E-state index in [0.29, 0.717) is 11.1 Å². The molecule has 144 valence electrons. The second-order valence-electron chi connectivity index (χ2n) is 5.75. The van der Waals surface area contributed by atoms with Gasteiger partial charge in [-0.25, -0.2) is 0 Å². The predicted octanol–water partition coefficient (Wildman–Crippen LogP) is 4.20. The number of non-ortho nitro benzene ring substituents is 1. The molecular formula is C18H13ClN2O6S. The van der Waals surface area contributed by atoms with Gasteiger partial charge in [-0.15, -0.1) is 0 Å². The monoisotopic (exact) mass is 420 g/mol. The standard InChI is InChI=1S/C18H13ClN2O6S/c1-27-14-7-11(6-13(19)16(14)22)8-15-17(23)20(18(24)28-15)9-10-3-2-4-12(5-10)21(25)26/h2-8,22H,9H2,1H3/b15-8-. The van der Waals surface area contributed by atoms with Crippen LogP contribution in [0, 0.1) is 10.1 Å². The van der Waals surface area contributed by atoms with E-state index in [1.807, 2.05) is 0 Å². The summed E-state index contributed by atoms with van der Waals surface area (Å²) >= 11 is 6.69. The van der Waals surface area contributed by atoms with Crippen molar-refractivity contribution < 1.29 is 24.4 Å². The van der Waals surface area contributed by atoms with Crippen LogP contribution in [-0.4, -0.2) is 33.2 Å². The maximum Gasteiger partial charge on any atom is 0.293 e. The van der Waals surface area contributed by atoms with Crippen molar-refractivity contribution >= 4 is 46.3 Å². The number of carbonyl (C=O) groups excluding carboxylic acids is 2. The van der Waals surface area contributed by atoms with E-state index in [1.54, 1.807) is 6.07 Å². The molecule has 0 unspecified atom stereocenters. The molecule has 0 spiro atoms. The number of nitro benzene ring substituents is 1. The van der Waals surface area contributed by atoms with Gasteiger partial charge >= 0.3 is 0 Å². The normalized spacial score (nSPS) is 15.4. The first-order chi connectivity index (χ1) is 13.3. The highest BCUT2D eigenvalue weighted by Gasteiger charge is 2.35. The van der Waals surface area contributed by atoms with Gasteiger partial charge in [-0.3, -0.25) is 24.6 Å². The van der Waals surface area contributed by atoms with Crippen LogP contribution in [0.25, 0.3) is 6.08 Å². The Kier molecular flexibility index (Phi) is 5.57. The van der Waals surface area contributed by atoms with Crippen molar-refractivity contribution in [2.45, 2.75) is 6.54 Å². The van der Waals surface area contributed by atoms with Crippen molar-refractivity contribution in [1.29, 1.82) is 0 Å². The topological polar surface area (TPSA) is 110 Å². The van der Waals surface area contributed by atoms with Crippen LogP contribution < -0.4 is 4.74 Å². The fourth-order valence-electron chi connectivity index (χ4n) is 2.57. The number of phenolic OH excluding ortho intramolecular Hbond substituents is 1. The predicted molar refractivity (Wildman–Crippen MR) is 104 cm³/mol. The fraction of sp³-hybridized carbons (Fsp3) is 0.111. The fourth-order valence-corrected chi connectivity index (χ4v) is 3.63. The van der Waals surface area contributed by atoms with E-state index in [1.165, 1.54) is 43.5 Å². The zero-order valence-corrected chi connectivity index (χ0v) is 16.0. The number of rotatable bonds is 5. The lowest BCUT2D eigenvalue weighted by atomic mass is 10.1. The number of imide groups is 1. The molecule has 0 aromatic heterocycles. The SMILES string of the molecule is COc1cc(/C=C2\SC(=O)N(Cc3cccc([N+](=O)[O-])c3)C2=O)cc(Cl)c1O. The summed E-state index contributed by atoms with van der Waals surface area (Å²) in [7, 11) is 1.36. The molecule has 10 heteroatoms. The molecule has 2 aromatic rings. The van der Waals surface area contributed by atoms with Crippen LogP contribution in [0.2, 0.25) is 5.02 Å². The van der Waals surface area contributed by atoms with Gasteiger partial charge in [0.05, 0.1) is 28.5 Å². The molecule has 0 atom stereocenters. The van der Waals surface area contributed by atoms with Crippen molar-refractivity contribution in [3.05, 3.63) is 67.6 Å². The van der Waals surface area contributed by atoms with E-state index in [-0.39, 0.29) is 33.7 Å². The second-order valence-corrected chi connectivity index (χ2v) is 7.15. The number of ether oxygens (including phenoxy) is 1. The molecule has 1 heterocycles. The summed E-state index contributed by atoms with van der Waals surface area (Å²) in [6, 6.07) is 8.66. The Morgan fingerprint density at radius 1 is 1.32 bits per heavy atom. The number of nitro groups is 1. The molecule has 2 aromatic carbocycles. The molecule has 1 aliphatic rings. The molecule has 1 saturated heterocycles. The first-order valence-corrected chi connectivity index (χ1v) is 9.05. The van der Waals surface area contributed by atoms with Gasteiger partial charge < -0.3 is 9.84 Å². The van der Waals surface area contributed by atoms with Gasteiger partial charge in [0.2, 0.25) is 0 Å². The number of nitrogens with zero attached hydrogens (tertiary/aromatic N) is 2. The van der Waals surface area contributed by atoms with Crippen LogP contribution in [0.3, 0.4) is 0 Å². The summed E-state index contributed by atoms with van der Waals surface area (Å²) in [5.41, 5.74) is 0.818. The molecule has 0 radical (unpaired) electrons. The second kappa shape index (κ2) is 7.91. The summed E-state index contributed by atoms with van der Waals surface area (Å²) < 4.78 is 5.02. The summed E-state index contributed by atoms with van der Waals surface area (Å²) in [6.45, 7) is -0.0800. The summed E-state index contributed by atoms with van der Waals surface area (Å²) in [6.07, 6.45) is 1.46. The van der Waals surface area contributed by atoms with Crippen LogP contribution in [-0.2, 0) is 11.3 Å².